The van der Waals surface area contributed by atoms with Gasteiger partial charge in [-0.05, 0) is 6.42 Å². The Morgan fingerprint density at radius 3 is 2.00 bits per heavy atom. The third kappa shape index (κ3) is 27.9. The summed E-state index contributed by atoms with van der Waals surface area (Å²) < 4.78 is 0. The first-order valence-corrected chi connectivity index (χ1v) is 6.66. The van der Waals surface area contributed by atoms with Crippen molar-refractivity contribution in [1.29, 1.82) is 0 Å². The van der Waals surface area contributed by atoms with Crippen molar-refractivity contribution >= 4 is 42.6 Å². The van der Waals surface area contributed by atoms with Crippen LogP contribution in [0.25, 0.3) is 0 Å². The van der Waals surface area contributed by atoms with E-state index in [2.05, 4.69) is 0 Å². The number of hydrogen-bond acceptors (Lipinski definition) is 1. The van der Waals surface area contributed by atoms with Gasteiger partial charge in [0.05, 0.1) is 0 Å². The van der Waals surface area contributed by atoms with Gasteiger partial charge in [0.1, 0.15) is 6.29 Å². The van der Waals surface area contributed by atoms with Crippen molar-refractivity contribution in [3.05, 3.63) is 0 Å². The Labute approximate surface area is 67.0 Å². The standard InChI is InChI=1S/C4H8O.2ClH.Mg/c1-2-3-4-5;;;/h4H,2-3H2,1H3;2*1H;/q;;;+2/p-2. The van der Waals surface area contributed by atoms with Gasteiger partial charge in [-0.25, -0.2) is 0 Å². The van der Waals surface area contributed by atoms with Gasteiger partial charge in [-0.3, -0.25) is 0 Å². The average Bonchev–Trinajstić information content (AvgIpc) is 1.71. The minimum Gasteiger partial charge on any atom is -0.309 e. The lowest BCUT2D eigenvalue weighted by atomic mass is 10.4. The molecule has 0 saturated carbocycles. The van der Waals surface area contributed by atoms with E-state index in [1.807, 2.05) is 6.92 Å². The largest absolute Gasteiger partial charge is 0.618 e. The summed E-state index contributed by atoms with van der Waals surface area (Å²) in [6.45, 7) is 1.98. The summed E-state index contributed by atoms with van der Waals surface area (Å²) in [7, 11) is 9.81. The maximum atomic E-state index is 9.40. The van der Waals surface area contributed by atoms with E-state index in [9.17, 15) is 4.79 Å². The van der Waals surface area contributed by atoms with Crippen LogP contribution in [0.1, 0.15) is 19.8 Å². The van der Waals surface area contributed by atoms with Gasteiger partial charge in [-0.2, -0.15) is 0 Å². The predicted octanol–water partition coefficient (Wildman–Crippen LogP) is 1.98. The van der Waals surface area contributed by atoms with E-state index in [1.165, 1.54) is 0 Å². The zero-order valence-electron chi connectivity index (χ0n) is 4.86. The summed E-state index contributed by atoms with van der Waals surface area (Å²) in [5.41, 5.74) is 0. The van der Waals surface area contributed by atoms with E-state index in [0.29, 0.717) is 6.42 Å². The number of aldehydes is 1. The maximum absolute atomic E-state index is 9.40. The maximum Gasteiger partial charge on any atom is 0.618 e. The second kappa shape index (κ2) is 15.7. The fourth-order valence-electron chi connectivity index (χ4n) is 0.118. The third-order valence-corrected chi connectivity index (χ3v) is 0.407. The highest BCUT2D eigenvalue weighted by Gasteiger charge is 1.66. The van der Waals surface area contributed by atoms with Gasteiger partial charge >= 0.3 is 18.2 Å². The molecule has 0 amide bonds. The van der Waals surface area contributed by atoms with Gasteiger partial charge in [-0.1, -0.05) is 6.92 Å². The Morgan fingerprint density at radius 1 is 1.62 bits per heavy atom. The predicted molar refractivity (Wildman–Crippen MR) is 38.4 cm³/mol. The second-order valence-corrected chi connectivity index (χ2v) is 3.68. The first kappa shape index (κ1) is 11.8. The monoisotopic (exact) mass is 166 g/mol. The fraction of sp³-hybridized carbons (Fsp3) is 0.750. The zero-order chi connectivity index (χ0) is 6.83. The summed E-state index contributed by atoms with van der Waals surface area (Å²) in [6.07, 6.45) is 2.61. The Kier molecular flexibility index (Phi) is 23.1. The lowest BCUT2D eigenvalue weighted by Gasteiger charge is -1.68. The Balaban J connectivity index is 0. The molecule has 46 valence electrons. The van der Waals surface area contributed by atoms with Crippen LogP contribution in [-0.4, -0.2) is 24.4 Å². The van der Waals surface area contributed by atoms with Crippen LogP contribution in [0.5, 0.6) is 0 Å². The molecular weight excluding hydrogens is 159 g/mol. The topological polar surface area (TPSA) is 17.1 Å². The minimum absolute atomic E-state index is 0.639. The number of carbonyl (C=O) groups is 1. The van der Waals surface area contributed by atoms with Crippen LogP contribution >= 0.6 is 18.1 Å². The Bertz CT molecular complexity index is 43.0. The molecule has 0 aliphatic heterocycles. The van der Waals surface area contributed by atoms with Crippen molar-refractivity contribution in [2.24, 2.45) is 0 Å². The lowest BCUT2D eigenvalue weighted by Crippen LogP contribution is -1.64. The molecule has 0 aliphatic rings. The molecule has 0 rings (SSSR count). The quantitative estimate of drug-likeness (QED) is 0.454. The van der Waals surface area contributed by atoms with Crippen molar-refractivity contribution < 1.29 is 4.79 Å². The molecule has 0 aromatic rings. The summed E-state index contributed by atoms with van der Waals surface area (Å²) in [4.78, 5) is 9.40. The highest BCUT2D eigenvalue weighted by atomic mass is 35.6. The number of carbonyl (C=O) groups excluding carboxylic acids is 1. The summed E-state index contributed by atoms with van der Waals surface area (Å²) in [5, 5.41) is 0. The number of rotatable bonds is 2. The van der Waals surface area contributed by atoms with Crippen LogP contribution in [0.15, 0.2) is 0 Å². The van der Waals surface area contributed by atoms with Crippen molar-refractivity contribution in [2.45, 2.75) is 19.8 Å². The molecule has 0 heterocycles. The van der Waals surface area contributed by atoms with Gasteiger partial charge in [0.15, 0.2) is 0 Å². The molecule has 0 unspecified atom stereocenters. The van der Waals surface area contributed by atoms with E-state index in [4.69, 9.17) is 18.1 Å². The van der Waals surface area contributed by atoms with Crippen molar-refractivity contribution in [3.8, 4) is 0 Å². The SMILES string of the molecule is CCCC=O.[Cl][Mg][Cl]. The van der Waals surface area contributed by atoms with Crippen molar-refractivity contribution in [1.82, 2.24) is 0 Å². The number of unbranched alkanes of at least 4 members (excludes halogenated alkanes) is 1. The third-order valence-electron chi connectivity index (χ3n) is 0.407. The molecule has 0 N–H and O–H groups in total. The molecule has 0 aliphatic carbocycles. The van der Waals surface area contributed by atoms with Crippen molar-refractivity contribution in [2.75, 3.05) is 0 Å². The second-order valence-electron chi connectivity index (χ2n) is 1.06. The minimum atomic E-state index is -0.639. The van der Waals surface area contributed by atoms with Crippen LogP contribution in [0.3, 0.4) is 0 Å². The highest BCUT2D eigenvalue weighted by molar-refractivity contribution is 7.22. The highest BCUT2D eigenvalue weighted by Crippen LogP contribution is 1.74. The molecule has 0 fully saturated rings. The number of halogens is 2. The number of hydrogen-bond donors (Lipinski definition) is 0. The van der Waals surface area contributed by atoms with Gasteiger partial charge < -0.3 is 22.9 Å². The molecule has 0 bridgehead atoms. The molecule has 0 atom stereocenters. The summed E-state index contributed by atoms with van der Waals surface area (Å²) >= 11 is -0.639. The van der Waals surface area contributed by atoms with E-state index in [-0.39, 0.29) is 0 Å². The smallest absolute Gasteiger partial charge is 0.309 e. The molecule has 4 heteroatoms. The summed E-state index contributed by atoms with van der Waals surface area (Å²) in [6, 6.07) is 0. The van der Waals surface area contributed by atoms with E-state index < -0.39 is 18.2 Å². The van der Waals surface area contributed by atoms with E-state index >= 15 is 0 Å². The molecule has 0 spiro atoms. The molecule has 8 heavy (non-hydrogen) atoms. The lowest BCUT2D eigenvalue weighted by molar-refractivity contribution is -0.107. The summed E-state index contributed by atoms with van der Waals surface area (Å²) in [5.74, 6) is 0. The molecule has 0 aromatic heterocycles. The Morgan fingerprint density at radius 2 is 2.00 bits per heavy atom. The van der Waals surface area contributed by atoms with Crippen LogP contribution in [-0.2, 0) is 4.79 Å². The van der Waals surface area contributed by atoms with Crippen LogP contribution in [0.2, 0.25) is 0 Å². The van der Waals surface area contributed by atoms with E-state index in [0.717, 1.165) is 12.7 Å². The van der Waals surface area contributed by atoms with Crippen molar-refractivity contribution in [3.63, 3.8) is 0 Å². The average molecular weight is 167 g/mol. The van der Waals surface area contributed by atoms with Gasteiger partial charge in [0, 0.05) is 6.42 Å². The first-order valence-electron chi connectivity index (χ1n) is 2.39. The van der Waals surface area contributed by atoms with Gasteiger partial charge in [0.2, 0.25) is 0 Å². The Hall–Kier alpha value is 1.02. The van der Waals surface area contributed by atoms with E-state index in [1.54, 1.807) is 0 Å². The van der Waals surface area contributed by atoms with Crippen LogP contribution < -0.4 is 0 Å². The normalized spacial score (nSPS) is 5.88. The van der Waals surface area contributed by atoms with Crippen LogP contribution in [0.4, 0.5) is 0 Å². The zero-order valence-corrected chi connectivity index (χ0v) is 7.79. The molecule has 0 saturated heterocycles. The first-order chi connectivity index (χ1) is 3.83. The fourth-order valence-corrected chi connectivity index (χ4v) is 0.118. The molecule has 1 nitrogen and oxygen atoms in total. The van der Waals surface area contributed by atoms with Gasteiger partial charge in [-0.15, -0.1) is 0 Å². The molecular formula is C4H8Cl2MgO. The van der Waals surface area contributed by atoms with Crippen LogP contribution in [0, 0.1) is 0 Å². The molecule has 0 radical (unpaired) electrons. The van der Waals surface area contributed by atoms with Gasteiger partial charge in [0.25, 0.3) is 0 Å². The molecule has 0 aromatic carbocycles.